The molecule has 8 nitrogen and oxygen atoms in total. The molecule has 1 heterocycles. The molecule has 5 amide bonds. The monoisotopic (exact) mass is 253 g/mol. The Balaban J connectivity index is 3.36. The Labute approximate surface area is 102 Å². The molecule has 0 bridgehead atoms. The van der Waals surface area contributed by atoms with Crippen LogP contribution in [0.5, 0.6) is 0 Å². The van der Waals surface area contributed by atoms with Gasteiger partial charge in [-0.15, -0.1) is 0 Å². The van der Waals surface area contributed by atoms with Crippen molar-refractivity contribution in [3.8, 4) is 0 Å². The lowest BCUT2D eigenvalue weighted by Gasteiger charge is -2.22. The Hall–Kier alpha value is -2.51. The van der Waals surface area contributed by atoms with Crippen molar-refractivity contribution >= 4 is 29.8 Å². The first-order chi connectivity index (χ1) is 8.25. The summed E-state index contributed by atoms with van der Waals surface area (Å²) in [6, 6.07) is -1.25. The quantitative estimate of drug-likeness (QED) is 0.609. The smallest absolute Gasteiger partial charge is 0.422 e. The predicted octanol–water partition coefficient (Wildman–Crippen LogP) is 0.498. The maximum atomic E-state index is 11.8. The number of amides is 5. The molecule has 8 heteroatoms. The van der Waals surface area contributed by atoms with Gasteiger partial charge in [0.05, 0.1) is 5.57 Å². The second kappa shape index (κ2) is 4.78. The summed E-state index contributed by atoms with van der Waals surface area (Å²) in [4.78, 5) is 48.3. The average molecular weight is 253 g/mol. The Morgan fingerprint density at radius 1 is 1.22 bits per heavy atom. The third-order valence-electron chi connectivity index (χ3n) is 2.04. The fourth-order valence-electron chi connectivity index (χ4n) is 1.38. The standard InChI is InChI=1S/C10H11N3O5/c1-4(2)6-7(11-5(3)14)12-9(16)13(8(6)15)10(17)18/h1-3H3,(H,17,18)(H,11,12,14,16). The molecule has 1 aliphatic heterocycles. The molecule has 0 aromatic rings. The number of allylic oxidation sites excluding steroid dienone is 1. The van der Waals surface area contributed by atoms with Crippen LogP contribution in [-0.4, -0.2) is 39.8 Å². The van der Waals surface area contributed by atoms with E-state index in [0.29, 0.717) is 5.57 Å². The van der Waals surface area contributed by atoms with Crippen LogP contribution in [0.4, 0.5) is 9.59 Å². The zero-order chi connectivity index (χ0) is 14.0. The highest BCUT2D eigenvalue weighted by atomic mass is 16.4. The van der Waals surface area contributed by atoms with Gasteiger partial charge in [-0.05, 0) is 13.8 Å². The molecule has 0 saturated carbocycles. The van der Waals surface area contributed by atoms with Crippen molar-refractivity contribution in [2.75, 3.05) is 0 Å². The van der Waals surface area contributed by atoms with Gasteiger partial charge >= 0.3 is 12.1 Å². The average Bonchev–Trinajstić information content (AvgIpc) is 2.13. The van der Waals surface area contributed by atoms with Crippen LogP contribution in [0.25, 0.3) is 0 Å². The van der Waals surface area contributed by atoms with E-state index in [2.05, 4.69) is 10.3 Å². The molecule has 0 atom stereocenters. The molecular weight excluding hydrogens is 242 g/mol. The van der Waals surface area contributed by atoms with Crippen molar-refractivity contribution < 1.29 is 24.3 Å². The van der Waals surface area contributed by atoms with Crippen molar-refractivity contribution in [2.45, 2.75) is 20.8 Å². The van der Waals surface area contributed by atoms with Crippen molar-refractivity contribution in [1.29, 1.82) is 0 Å². The number of carbonyl (C=O) groups excluding carboxylic acids is 3. The highest BCUT2D eigenvalue weighted by Gasteiger charge is 2.38. The fraction of sp³-hybridized carbons (Fsp3) is 0.300. The Kier molecular flexibility index (Phi) is 3.60. The second-order valence-corrected chi connectivity index (χ2v) is 3.72. The maximum Gasteiger partial charge on any atom is 0.422 e. The Morgan fingerprint density at radius 3 is 2.17 bits per heavy atom. The molecule has 96 valence electrons. The first-order valence-electron chi connectivity index (χ1n) is 4.91. The lowest BCUT2D eigenvalue weighted by molar-refractivity contribution is -0.122. The molecule has 1 aliphatic rings. The van der Waals surface area contributed by atoms with Crippen LogP contribution >= 0.6 is 0 Å². The molecule has 2 N–H and O–H groups in total. The van der Waals surface area contributed by atoms with Gasteiger partial charge in [0.2, 0.25) is 5.91 Å². The number of imide groups is 3. The largest absolute Gasteiger partial charge is 0.464 e. The number of rotatable bonds is 0. The number of carboxylic acid groups (broad SMARTS) is 1. The van der Waals surface area contributed by atoms with Crippen molar-refractivity contribution in [3.05, 3.63) is 11.1 Å². The zero-order valence-corrected chi connectivity index (χ0v) is 9.97. The van der Waals surface area contributed by atoms with Crippen LogP contribution in [0.1, 0.15) is 20.8 Å². The molecule has 0 saturated heterocycles. The minimum atomic E-state index is -1.71. The minimum absolute atomic E-state index is 0.00630. The number of carbonyl (C=O) groups is 4. The van der Waals surface area contributed by atoms with Crippen LogP contribution in [0, 0.1) is 0 Å². The number of urea groups is 1. The molecule has 0 radical (unpaired) electrons. The van der Waals surface area contributed by atoms with Crippen molar-refractivity contribution in [1.82, 2.24) is 10.2 Å². The topological polar surface area (TPSA) is 116 Å². The number of nitrogens with zero attached hydrogens (tertiary/aromatic N) is 2. The van der Waals surface area contributed by atoms with Gasteiger partial charge in [-0.3, -0.25) is 9.59 Å². The fourth-order valence-corrected chi connectivity index (χ4v) is 1.38. The second-order valence-electron chi connectivity index (χ2n) is 3.72. The van der Waals surface area contributed by atoms with E-state index in [9.17, 15) is 19.2 Å². The van der Waals surface area contributed by atoms with Crippen LogP contribution in [0.2, 0.25) is 0 Å². The van der Waals surface area contributed by atoms with Crippen LogP contribution in [-0.2, 0) is 9.59 Å². The van der Waals surface area contributed by atoms with Crippen LogP contribution < -0.4 is 5.32 Å². The Bertz CT molecular complexity index is 514. The van der Waals surface area contributed by atoms with E-state index in [1.165, 1.54) is 6.92 Å². The predicted molar refractivity (Wildman–Crippen MR) is 59.9 cm³/mol. The molecule has 0 unspecified atom stereocenters. The maximum absolute atomic E-state index is 11.8. The molecular formula is C10H11N3O5. The summed E-state index contributed by atoms with van der Waals surface area (Å²) in [5.41, 5.74) is 0.332. The highest BCUT2D eigenvalue weighted by Crippen LogP contribution is 2.16. The van der Waals surface area contributed by atoms with Gasteiger partial charge in [-0.2, -0.15) is 9.89 Å². The van der Waals surface area contributed by atoms with E-state index in [4.69, 9.17) is 5.11 Å². The van der Waals surface area contributed by atoms with Gasteiger partial charge in [-0.25, -0.2) is 9.59 Å². The lowest BCUT2D eigenvalue weighted by atomic mass is 10.1. The summed E-state index contributed by atoms with van der Waals surface area (Å²) in [5.74, 6) is -1.77. The summed E-state index contributed by atoms with van der Waals surface area (Å²) >= 11 is 0. The van der Waals surface area contributed by atoms with Crippen molar-refractivity contribution in [2.24, 2.45) is 4.99 Å². The van der Waals surface area contributed by atoms with E-state index in [-0.39, 0.29) is 16.3 Å². The van der Waals surface area contributed by atoms with Gasteiger partial charge in [0, 0.05) is 6.92 Å². The van der Waals surface area contributed by atoms with Gasteiger partial charge < -0.3 is 10.4 Å². The Morgan fingerprint density at radius 2 is 1.78 bits per heavy atom. The normalized spacial score (nSPS) is 15.4. The third kappa shape index (κ3) is 2.42. The number of hydrogen-bond donors (Lipinski definition) is 2. The summed E-state index contributed by atoms with van der Waals surface area (Å²) in [6.07, 6.45) is -1.71. The summed E-state index contributed by atoms with van der Waals surface area (Å²) in [5, 5.41) is 11.0. The summed E-state index contributed by atoms with van der Waals surface area (Å²) < 4.78 is 0. The van der Waals surface area contributed by atoms with Gasteiger partial charge in [0.1, 0.15) is 0 Å². The number of aliphatic imine (C=N–C) groups is 1. The SMILES string of the molecule is CC(=O)NC1=NC(=O)N(C(=O)O)C(=O)C1=C(C)C. The molecule has 0 aromatic carbocycles. The zero-order valence-electron chi connectivity index (χ0n) is 9.97. The van der Waals surface area contributed by atoms with Crippen molar-refractivity contribution in [3.63, 3.8) is 0 Å². The molecule has 18 heavy (non-hydrogen) atoms. The molecule has 0 fully saturated rings. The van der Waals surface area contributed by atoms with E-state index < -0.39 is 23.9 Å². The lowest BCUT2D eigenvalue weighted by Crippen LogP contribution is -2.49. The first-order valence-corrected chi connectivity index (χ1v) is 4.91. The number of hydrogen-bond acceptors (Lipinski definition) is 4. The van der Waals surface area contributed by atoms with Gasteiger partial charge in [0.15, 0.2) is 5.84 Å². The summed E-state index contributed by atoms with van der Waals surface area (Å²) in [7, 11) is 0. The number of nitrogens with one attached hydrogen (secondary N) is 1. The van der Waals surface area contributed by atoms with E-state index in [1.807, 2.05) is 0 Å². The van der Waals surface area contributed by atoms with E-state index in [0.717, 1.165) is 0 Å². The van der Waals surface area contributed by atoms with Crippen LogP contribution in [0.3, 0.4) is 0 Å². The van der Waals surface area contributed by atoms with Crippen LogP contribution in [0.15, 0.2) is 16.1 Å². The van der Waals surface area contributed by atoms with Gasteiger partial charge in [-0.1, -0.05) is 5.57 Å². The number of amidine groups is 1. The summed E-state index contributed by atoms with van der Waals surface area (Å²) in [6.45, 7) is 4.27. The highest BCUT2D eigenvalue weighted by molar-refractivity contribution is 6.34. The molecule has 1 rings (SSSR count). The van der Waals surface area contributed by atoms with E-state index in [1.54, 1.807) is 13.8 Å². The first kappa shape index (κ1) is 13.6. The third-order valence-corrected chi connectivity index (χ3v) is 2.04. The van der Waals surface area contributed by atoms with Gasteiger partial charge in [0.25, 0.3) is 5.91 Å². The molecule has 0 aromatic heterocycles. The molecule has 0 aliphatic carbocycles. The minimum Gasteiger partial charge on any atom is -0.464 e. The molecule has 0 spiro atoms. The van der Waals surface area contributed by atoms with E-state index >= 15 is 0 Å².